The van der Waals surface area contributed by atoms with Gasteiger partial charge in [0.05, 0.1) is 17.6 Å². The minimum atomic E-state index is -0.809. The fraction of sp³-hybridized carbons (Fsp3) is 0.500. The third kappa shape index (κ3) is 5.00. The van der Waals surface area contributed by atoms with Crippen LogP contribution in [0.15, 0.2) is 18.2 Å². The van der Waals surface area contributed by atoms with Crippen LogP contribution in [0.4, 0.5) is 10.1 Å². The van der Waals surface area contributed by atoms with E-state index < -0.39 is 16.3 Å². The van der Waals surface area contributed by atoms with Gasteiger partial charge < -0.3 is 4.74 Å². The van der Waals surface area contributed by atoms with Crippen molar-refractivity contribution in [1.82, 2.24) is 5.32 Å². The average molecular weight is 295 g/mol. The molecule has 0 aliphatic heterocycles. The normalized spacial score (nSPS) is 13.5. The largest absolute Gasteiger partial charge is 0.487 e. The van der Waals surface area contributed by atoms with Gasteiger partial charge in [-0.3, -0.25) is 15.4 Å². The maximum atomic E-state index is 13.1. The molecular weight excluding hydrogens is 277 g/mol. The second kappa shape index (κ2) is 6.99. The summed E-state index contributed by atoms with van der Waals surface area (Å²) < 4.78 is 18.4. The van der Waals surface area contributed by atoms with Crippen LogP contribution >= 0.6 is 0 Å². The van der Waals surface area contributed by atoms with Gasteiger partial charge in [-0.2, -0.15) is 5.26 Å². The van der Waals surface area contributed by atoms with E-state index in [4.69, 9.17) is 4.74 Å². The van der Waals surface area contributed by atoms with Crippen LogP contribution in [0.1, 0.15) is 27.2 Å². The van der Waals surface area contributed by atoms with E-state index >= 15 is 0 Å². The zero-order valence-electron chi connectivity index (χ0n) is 12.2. The van der Waals surface area contributed by atoms with Gasteiger partial charge in [-0.05, 0) is 26.8 Å². The molecule has 0 aromatic heterocycles. The second-order valence-corrected chi connectivity index (χ2v) is 5.21. The first kappa shape index (κ1) is 16.9. The summed E-state index contributed by atoms with van der Waals surface area (Å²) in [6.07, 6.45) is 0.315. The van der Waals surface area contributed by atoms with E-state index in [-0.39, 0.29) is 24.1 Å². The standard InChI is InChI=1S/C14H18FN3O3/c1-10(2)17-14(3,9-16)6-7-21-13-8-11(15)4-5-12(13)18(19)20/h4-5,8,10,17H,6-7H2,1-3H3. The second-order valence-electron chi connectivity index (χ2n) is 5.21. The lowest BCUT2D eigenvalue weighted by atomic mass is 9.99. The lowest BCUT2D eigenvalue weighted by molar-refractivity contribution is -0.385. The van der Waals surface area contributed by atoms with E-state index in [1.165, 1.54) is 0 Å². The molecule has 0 bridgehead atoms. The van der Waals surface area contributed by atoms with E-state index in [1.54, 1.807) is 6.92 Å². The van der Waals surface area contributed by atoms with Gasteiger partial charge in [0.1, 0.15) is 11.4 Å². The summed E-state index contributed by atoms with van der Waals surface area (Å²) in [5, 5.41) is 23.1. The Morgan fingerprint density at radius 3 is 2.76 bits per heavy atom. The van der Waals surface area contributed by atoms with Crippen molar-refractivity contribution in [3.05, 3.63) is 34.1 Å². The third-order valence-electron chi connectivity index (χ3n) is 2.83. The first-order valence-corrected chi connectivity index (χ1v) is 6.53. The van der Waals surface area contributed by atoms with Crippen molar-refractivity contribution in [2.75, 3.05) is 6.61 Å². The monoisotopic (exact) mass is 295 g/mol. The van der Waals surface area contributed by atoms with Crippen LogP contribution in [0.3, 0.4) is 0 Å². The third-order valence-corrected chi connectivity index (χ3v) is 2.83. The average Bonchev–Trinajstić information content (AvgIpc) is 2.37. The molecule has 0 aliphatic rings. The molecule has 21 heavy (non-hydrogen) atoms. The Bertz CT molecular complexity index is 557. The van der Waals surface area contributed by atoms with Gasteiger partial charge in [0, 0.05) is 24.6 Å². The topological polar surface area (TPSA) is 88.2 Å². The minimum Gasteiger partial charge on any atom is -0.487 e. The number of nitro groups is 1. The predicted molar refractivity (Wildman–Crippen MR) is 75.5 cm³/mol. The van der Waals surface area contributed by atoms with Gasteiger partial charge in [-0.25, -0.2) is 4.39 Å². The minimum absolute atomic E-state index is 0.0636. The van der Waals surface area contributed by atoms with Crippen molar-refractivity contribution < 1.29 is 14.1 Å². The van der Waals surface area contributed by atoms with Gasteiger partial charge in [0.25, 0.3) is 0 Å². The maximum Gasteiger partial charge on any atom is 0.311 e. The van der Waals surface area contributed by atoms with E-state index in [1.807, 2.05) is 13.8 Å². The summed E-state index contributed by atoms with van der Waals surface area (Å²) in [5.41, 5.74) is -1.11. The number of rotatable bonds is 7. The fourth-order valence-corrected chi connectivity index (χ4v) is 1.92. The fourth-order valence-electron chi connectivity index (χ4n) is 1.92. The lowest BCUT2D eigenvalue weighted by Crippen LogP contribution is -2.45. The quantitative estimate of drug-likeness (QED) is 0.617. The van der Waals surface area contributed by atoms with Crippen LogP contribution < -0.4 is 10.1 Å². The van der Waals surface area contributed by atoms with E-state index in [0.29, 0.717) is 6.42 Å². The molecule has 0 fully saturated rings. The van der Waals surface area contributed by atoms with E-state index in [2.05, 4.69) is 11.4 Å². The van der Waals surface area contributed by atoms with Crippen LogP contribution in [0.2, 0.25) is 0 Å². The number of nitriles is 1. The molecule has 1 rings (SSSR count). The zero-order valence-corrected chi connectivity index (χ0v) is 12.2. The van der Waals surface area contributed by atoms with Crippen molar-refractivity contribution in [1.29, 1.82) is 5.26 Å². The molecule has 1 atom stereocenters. The SMILES string of the molecule is CC(C)NC(C)(C#N)CCOc1cc(F)ccc1[N+](=O)[O-]. The molecule has 0 saturated carbocycles. The molecule has 1 aromatic carbocycles. The molecule has 1 aromatic rings. The molecule has 114 valence electrons. The number of nitrogens with zero attached hydrogens (tertiary/aromatic N) is 2. The van der Waals surface area contributed by atoms with Crippen LogP contribution in [-0.4, -0.2) is 23.1 Å². The van der Waals surface area contributed by atoms with E-state index in [0.717, 1.165) is 18.2 Å². The number of nitrogens with one attached hydrogen (secondary N) is 1. The van der Waals surface area contributed by atoms with Gasteiger partial charge in [0.15, 0.2) is 5.75 Å². The lowest BCUT2D eigenvalue weighted by Gasteiger charge is -2.25. The Balaban J connectivity index is 2.74. The Morgan fingerprint density at radius 2 is 2.24 bits per heavy atom. The first-order chi connectivity index (χ1) is 9.77. The molecule has 0 aliphatic carbocycles. The number of hydrogen-bond donors (Lipinski definition) is 1. The van der Waals surface area contributed by atoms with Crippen molar-refractivity contribution in [2.24, 2.45) is 0 Å². The number of benzene rings is 1. The zero-order chi connectivity index (χ0) is 16.0. The van der Waals surface area contributed by atoms with Gasteiger partial charge in [-0.15, -0.1) is 0 Å². The van der Waals surface area contributed by atoms with Crippen molar-refractivity contribution in [3.8, 4) is 11.8 Å². The molecule has 7 heteroatoms. The van der Waals surface area contributed by atoms with Crippen LogP contribution in [-0.2, 0) is 0 Å². The van der Waals surface area contributed by atoms with E-state index in [9.17, 15) is 19.8 Å². The highest BCUT2D eigenvalue weighted by Crippen LogP contribution is 2.27. The molecule has 0 heterocycles. The molecular formula is C14H18FN3O3. The summed E-state index contributed by atoms with van der Waals surface area (Å²) in [5.74, 6) is -0.746. The summed E-state index contributed by atoms with van der Waals surface area (Å²) in [7, 11) is 0. The van der Waals surface area contributed by atoms with Gasteiger partial charge >= 0.3 is 5.69 Å². The number of ether oxygens (including phenoxy) is 1. The van der Waals surface area contributed by atoms with Gasteiger partial charge in [0.2, 0.25) is 0 Å². The molecule has 6 nitrogen and oxygen atoms in total. The number of halogens is 1. The summed E-state index contributed by atoms with van der Waals surface area (Å²) in [6, 6.07) is 5.29. The number of hydrogen-bond acceptors (Lipinski definition) is 5. The van der Waals surface area contributed by atoms with Crippen molar-refractivity contribution >= 4 is 5.69 Å². The summed E-state index contributed by atoms with van der Waals surface area (Å²) in [4.78, 5) is 10.2. The Morgan fingerprint density at radius 1 is 1.57 bits per heavy atom. The van der Waals surface area contributed by atoms with Crippen LogP contribution in [0.25, 0.3) is 0 Å². The highest BCUT2D eigenvalue weighted by atomic mass is 19.1. The highest BCUT2D eigenvalue weighted by Gasteiger charge is 2.25. The molecule has 0 saturated heterocycles. The van der Waals surface area contributed by atoms with Gasteiger partial charge in [-0.1, -0.05) is 0 Å². The van der Waals surface area contributed by atoms with Crippen LogP contribution in [0, 0.1) is 27.3 Å². The van der Waals surface area contributed by atoms with Crippen LogP contribution in [0.5, 0.6) is 5.75 Å². The Labute approximate surface area is 122 Å². The molecule has 1 N–H and O–H groups in total. The first-order valence-electron chi connectivity index (χ1n) is 6.53. The van der Waals surface area contributed by atoms with Crippen molar-refractivity contribution in [2.45, 2.75) is 38.8 Å². The Kier molecular flexibility index (Phi) is 5.61. The maximum absolute atomic E-state index is 13.1. The summed E-state index contributed by atoms with van der Waals surface area (Å²) in [6.45, 7) is 5.60. The smallest absolute Gasteiger partial charge is 0.311 e. The summed E-state index contributed by atoms with van der Waals surface area (Å²) >= 11 is 0. The molecule has 1 unspecified atom stereocenters. The molecule has 0 radical (unpaired) electrons. The number of nitro benzene ring substituents is 1. The predicted octanol–water partition coefficient (Wildman–Crippen LogP) is 2.78. The van der Waals surface area contributed by atoms with Crippen molar-refractivity contribution in [3.63, 3.8) is 0 Å². The molecule has 0 spiro atoms. The Hall–Kier alpha value is -2.20. The highest BCUT2D eigenvalue weighted by molar-refractivity contribution is 5.46. The molecule has 0 amide bonds.